The number of piperidine rings is 1. The lowest BCUT2D eigenvalue weighted by Crippen LogP contribution is -2.48. The molecule has 3 rings (SSSR count). The van der Waals surface area contributed by atoms with E-state index in [0.717, 1.165) is 25.7 Å². The molecule has 3 heterocycles. The maximum absolute atomic E-state index is 12.3. The van der Waals surface area contributed by atoms with Crippen molar-refractivity contribution < 1.29 is 14.3 Å². The summed E-state index contributed by atoms with van der Waals surface area (Å²) in [6.45, 7) is 1.97. The van der Waals surface area contributed by atoms with Crippen molar-refractivity contribution in [1.82, 2.24) is 15.2 Å². The quantitative estimate of drug-likeness (QED) is 0.903. The minimum absolute atomic E-state index is 0.00741. The van der Waals surface area contributed by atoms with Crippen LogP contribution in [0.1, 0.15) is 36.2 Å². The molecular weight excluding hydrogens is 282 g/mol. The summed E-state index contributed by atoms with van der Waals surface area (Å²) in [4.78, 5) is 30.2. The molecule has 0 aliphatic carbocycles. The average Bonchev–Trinajstić information content (AvgIpc) is 3.10. The van der Waals surface area contributed by atoms with E-state index in [9.17, 15) is 9.59 Å². The highest BCUT2D eigenvalue weighted by atomic mass is 16.5. The van der Waals surface area contributed by atoms with Crippen LogP contribution in [0.5, 0.6) is 0 Å². The number of ether oxygens (including phenoxy) is 1. The monoisotopic (exact) mass is 303 g/mol. The maximum Gasteiger partial charge on any atom is 0.272 e. The first-order chi connectivity index (χ1) is 10.7. The fourth-order valence-electron chi connectivity index (χ4n) is 2.96. The fraction of sp³-hybridized carbons (Fsp3) is 0.562. The lowest BCUT2D eigenvalue weighted by molar-refractivity contribution is -0.131. The van der Waals surface area contributed by atoms with Gasteiger partial charge < -0.3 is 15.0 Å². The summed E-state index contributed by atoms with van der Waals surface area (Å²) >= 11 is 0. The third-order valence-corrected chi connectivity index (χ3v) is 4.23. The van der Waals surface area contributed by atoms with E-state index in [-0.39, 0.29) is 24.0 Å². The molecule has 2 saturated heterocycles. The van der Waals surface area contributed by atoms with Gasteiger partial charge in [0.2, 0.25) is 5.91 Å². The molecule has 0 saturated carbocycles. The molecule has 0 aromatic carbocycles. The van der Waals surface area contributed by atoms with Gasteiger partial charge in [0.15, 0.2) is 0 Å². The third kappa shape index (κ3) is 3.44. The number of hydrogen-bond donors (Lipinski definition) is 1. The van der Waals surface area contributed by atoms with Crippen LogP contribution in [-0.4, -0.2) is 53.5 Å². The normalized spacial score (nSPS) is 22.5. The Morgan fingerprint density at radius 3 is 2.68 bits per heavy atom. The van der Waals surface area contributed by atoms with Crippen LogP contribution in [0.4, 0.5) is 0 Å². The zero-order chi connectivity index (χ0) is 15.4. The Hall–Kier alpha value is -1.95. The molecule has 0 radical (unpaired) electrons. The summed E-state index contributed by atoms with van der Waals surface area (Å²) in [6, 6.07) is 5.47. The minimum Gasteiger partial charge on any atom is -0.368 e. The number of rotatable bonds is 3. The summed E-state index contributed by atoms with van der Waals surface area (Å²) in [5.74, 6) is -0.0449. The molecule has 2 aliphatic heterocycles. The van der Waals surface area contributed by atoms with Crippen LogP contribution in [0.2, 0.25) is 0 Å². The molecule has 2 amide bonds. The van der Waals surface area contributed by atoms with E-state index >= 15 is 0 Å². The Morgan fingerprint density at radius 1 is 1.23 bits per heavy atom. The predicted molar refractivity (Wildman–Crippen MR) is 80.3 cm³/mol. The van der Waals surface area contributed by atoms with Crippen molar-refractivity contribution in [2.75, 3.05) is 19.7 Å². The number of nitrogens with zero attached hydrogens (tertiary/aromatic N) is 2. The number of nitrogens with one attached hydrogen (secondary N) is 1. The molecule has 1 aromatic rings. The summed E-state index contributed by atoms with van der Waals surface area (Å²) in [7, 11) is 0. The summed E-state index contributed by atoms with van der Waals surface area (Å²) in [5, 5.41) is 3.04. The first-order valence-corrected chi connectivity index (χ1v) is 7.86. The number of pyridine rings is 1. The van der Waals surface area contributed by atoms with Crippen LogP contribution in [0.3, 0.4) is 0 Å². The van der Waals surface area contributed by atoms with E-state index in [1.54, 1.807) is 23.2 Å². The van der Waals surface area contributed by atoms with E-state index in [1.807, 2.05) is 6.07 Å². The van der Waals surface area contributed by atoms with Gasteiger partial charge in [0.05, 0.1) is 0 Å². The van der Waals surface area contributed by atoms with Gasteiger partial charge in [-0.3, -0.25) is 14.6 Å². The van der Waals surface area contributed by atoms with Crippen LogP contribution >= 0.6 is 0 Å². The summed E-state index contributed by atoms with van der Waals surface area (Å²) in [5.41, 5.74) is 0.476. The van der Waals surface area contributed by atoms with Gasteiger partial charge >= 0.3 is 0 Å². The van der Waals surface area contributed by atoms with Crippen molar-refractivity contribution in [2.24, 2.45) is 0 Å². The van der Waals surface area contributed by atoms with Crippen molar-refractivity contribution in [2.45, 2.75) is 37.8 Å². The van der Waals surface area contributed by atoms with Gasteiger partial charge in [0.25, 0.3) is 5.91 Å². The SMILES string of the molecule is O=C(NC1CCN(C(=O)c2ccccn2)CC1)C1CCCO1. The highest BCUT2D eigenvalue weighted by Crippen LogP contribution is 2.16. The second kappa shape index (κ2) is 6.87. The summed E-state index contributed by atoms with van der Waals surface area (Å²) in [6.07, 6.45) is 4.65. The van der Waals surface area contributed by atoms with E-state index in [1.165, 1.54) is 0 Å². The lowest BCUT2D eigenvalue weighted by Gasteiger charge is -2.32. The molecule has 2 aliphatic rings. The Bertz CT molecular complexity index is 521. The number of amides is 2. The molecule has 2 fully saturated rings. The topological polar surface area (TPSA) is 71.5 Å². The molecule has 6 heteroatoms. The van der Waals surface area contributed by atoms with Gasteiger partial charge in [-0.2, -0.15) is 0 Å². The molecule has 22 heavy (non-hydrogen) atoms. The van der Waals surface area contributed by atoms with E-state index in [2.05, 4.69) is 10.3 Å². The molecule has 1 unspecified atom stereocenters. The van der Waals surface area contributed by atoms with Gasteiger partial charge in [0.1, 0.15) is 11.8 Å². The van der Waals surface area contributed by atoms with E-state index in [0.29, 0.717) is 25.4 Å². The van der Waals surface area contributed by atoms with Gasteiger partial charge in [-0.25, -0.2) is 0 Å². The smallest absolute Gasteiger partial charge is 0.272 e. The van der Waals surface area contributed by atoms with Crippen molar-refractivity contribution in [3.8, 4) is 0 Å². The second-order valence-corrected chi connectivity index (χ2v) is 5.79. The van der Waals surface area contributed by atoms with Crippen molar-refractivity contribution in [3.05, 3.63) is 30.1 Å². The Kier molecular flexibility index (Phi) is 4.68. The number of likely N-dealkylation sites (tertiary alicyclic amines) is 1. The first-order valence-electron chi connectivity index (χ1n) is 7.86. The zero-order valence-corrected chi connectivity index (χ0v) is 12.5. The van der Waals surface area contributed by atoms with Crippen molar-refractivity contribution in [3.63, 3.8) is 0 Å². The Balaban J connectivity index is 1.48. The maximum atomic E-state index is 12.3. The predicted octanol–water partition coefficient (Wildman–Crippen LogP) is 0.981. The summed E-state index contributed by atoms with van der Waals surface area (Å²) < 4.78 is 5.39. The second-order valence-electron chi connectivity index (χ2n) is 5.79. The van der Waals surface area contributed by atoms with Crippen LogP contribution < -0.4 is 5.32 Å². The van der Waals surface area contributed by atoms with Crippen LogP contribution in [-0.2, 0) is 9.53 Å². The number of carbonyl (C=O) groups is 2. The standard InChI is InChI=1S/C16H21N3O3/c20-15(14-5-3-11-22-14)18-12-6-9-19(10-7-12)16(21)13-4-1-2-8-17-13/h1-2,4,8,12,14H,3,5-7,9-11H2,(H,18,20). The first kappa shape index (κ1) is 15.0. The highest BCUT2D eigenvalue weighted by Gasteiger charge is 2.29. The molecule has 1 aromatic heterocycles. The molecule has 0 spiro atoms. The van der Waals surface area contributed by atoms with Crippen LogP contribution in [0, 0.1) is 0 Å². The highest BCUT2D eigenvalue weighted by molar-refractivity contribution is 5.92. The van der Waals surface area contributed by atoms with Crippen molar-refractivity contribution in [1.29, 1.82) is 0 Å². The molecule has 1 N–H and O–H groups in total. The zero-order valence-electron chi connectivity index (χ0n) is 12.5. The number of aromatic nitrogens is 1. The molecule has 6 nitrogen and oxygen atoms in total. The number of hydrogen-bond acceptors (Lipinski definition) is 4. The van der Waals surface area contributed by atoms with E-state index < -0.39 is 0 Å². The fourth-order valence-corrected chi connectivity index (χ4v) is 2.96. The van der Waals surface area contributed by atoms with Gasteiger partial charge in [-0.05, 0) is 37.8 Å². The van der Waals surface area contributed by atoms with Gasteiger partial charge in [-0.15, -0.1) is 0 Å². The molecule has 1 atom stereocenters. The minimum atomic E-state index is -0.284. The molecular formula is C16H21N3O3. The molecule has 0 bridgehead atoms. The van der Waals surface area contributed by atoms with Crippen molar-refractivity contribution >= 4 is 11.8 Å². The average molecular weight is 303 g/mol. The third-order valence-electron chi connectivity index (χ3n) is 4.23. The van der Waals surface area contributed by atoms with Crippen LogP contribution in [0.25, 0.3) is 0 Å². The van der Waals surface area contributed by atoms with Gasteiger partial charge in [-0.1, -0.05) is 6.07 Å². The largest absolute Gasteiger partial charge is 0.368 e. The van der Waals surface area contributed by atoms with Crippen LogP contribution in [0.15, 0.2) is 24.4 Å². The lowest BCUT2D eigenvalue weighted by atomic mass is 10.0. The van der Waals surface area contributed by atoms with E-state index in [4.69, 9.17) is 4.74 Å². The Morgan fingerprint density at radius 2 is 2.05 bits per heavy atom. The number of carbonyl (C=O) groups excluding carboxylic acids is 2. The molecule has 118 valence electrons. The van der Waals surface area contributed by atoms with Gasteiger partial charge in [0, 0.05) is 31.9 Å². The Labute approximate surface area is 129 Å².